The highest BCUT2D eigenvalue weighted by Gasteiger charge is 2.47. The number of nitrogens with zero attached hydrogens (tertiary/aromatic N) is 1. The number of piperidine rings is 1. The zero-order chi connectivity index (χ0) is 11.0. The molecule has 2 nitrogen and oxygen atoms in total. The van der Waals surface area contributed by atoms with E-state index in [0.29, 0.717) is 11.9 Å². The molecule has 0 radical (unpaired) electrons. The highest BCUT2D eigenvalue weighted by atomic mass is 16.2. The summed E-state index contributed by atoms with van der Waals surface area (Å²) in [5, 5.41) is 0. The standard InChI is InChI=1S/C14H17NO/c16-14-12(10-11-6-2-1-3-7-11)13-8-4-5-9-15(13)14/h1-3,6-7,12-13H,4-5,8-10H2/t12-,13-/m1/s1. The third-order valence-corrected chi connectivity index (χ3v) is 3.91. The fraction of sp³-hybridized carbons (Fsp3) is 0.500. The predicted octanol–water partition coefficient (Wildman–Crippen LogP) is 2.24. The molecule has 0 aromatic heterocycles. The normalized spacial score (nSPS) is 28.5. The second-order valence-electron chi connectivity index (χ2n) is 4.89. The molecular weight excluding hydrogens is 198 g/mol. The minimum Gasteiger partial charge on any atom is -0.339 e. The quantitative estimate of drug-likeness (QED) is 0.693. The van der Waals surface area contributed by atoms with E-state index in [0.717, 1.165) is 13.0 Å². The van der Waals surface area contributed by atoms with Crippen LogP contribution in [0.1, 0.15) is 24.8 Å². The summed E-state index contributed by atoms with van der Waals surface area (Å²) in [5.74, 6) is 0.649. The lowest BCUT2D eigenvalue weighted by Crippen LogP contribution is -2.63. The van der Waals surface area contributed by atoms with Gasteiger partial charge in [-0.3, -0.25) is 4.79 Å². The second-order valence-corrected chi connectivity index (χ2v) is 4.89. The first-order chi connectivity index (χ1) is 7.86. The first-order valence-corrected chi connectivity index (χ1v) is 6.20. The zero-order valence-corrected chi connectivity index (χ0v) is 9.43. The highest BCUT2D eigenvalue weighted by Crippen LogP contribution is 2.36. The summed E-state index contributed by atoms with van der Waals surface area (Å²) in [5.41, 5.74) is 1.30. The smallest absolute Gasteiger partial charge is 0.228 e. The first-order valence-electron chi connectivity index (χ1n) is 6.20. The van der Waals surface area contributed by atoms with Gasteiger partial charge in [-0.05, 0) is 31.2 Å². The Kier molecular flexibility index (Phi) is 2.43. The third kappa shape index (κ3) is 1.53. The lowest BCUT2D eigenvalue weighted by atomic mass is 9.77. The molecule has 0 aliphatic carbocycles. The Balaban J connectivity index is 1.70. The molecule has 2 atom stereocenters. The summed E-state index contributed by atoms with van der Waals surface area (Å²) < 4.78 is 0. The largest absolute Gasteiger partial charge is 0.339 e. The van der Waals surface area contributed by atoms with Gasteiger partial charge in [0.1, 0.15) is 0 Å². The van der Waals surface area contributed by atoms with Gasteiger partial charge < -0.3 is 4.90 Å². The summed E-state index contributed by atoms with van der Waals surface area (Å²) in [7, 11) is 0. The van der Waals surface area contributed by atoms with Crippen molar-refractivity contribution in [2.24, 2.45) is 5.92 Å². The summed E-state index contributed by atoms with van der Waals surface area (Å²) >= 11 is 0. The van der Waals surface area contributed by atoms with E-state index in [1.807, 2.05) is 6.07 Å². The van der Waals surface area contributed by atoms with Gasteiger partial charge in [0.25, 0.3) is 0 Å². The van der Waals surface area contributed by atoms with Crippen molar-refractivity contribution < 1.29 is 4.79 Å². The van der Waals surface area contributed by atoms with Crippen LogP contribution in [0.5, 0.6) is 0 Å². The maximum atomic E-state index is 11.9. The van der Waals surface area contributed by atoms with Crippen LogP contribution in [0, 0.1) is 5.92 Å². The van der Waals surface area contributed by atoms with Gasteiger partial charge in [-0.2, -0.15) is 0 Å². The molecule has 0 saturated carbocycles. The monoisotopic (exact) mass is 215 g/mol. The highest BCUT2D eigenvalue weighted by molar-refractivity contribution is 5.86. The van der Waals surface area contributed by atoms with Crippen molar-refractivity contribution in [1.82, 2.24) is 4.90 Å². The predicted molar refractivity (Wildman–Crippen MR) is 63.0 cm³/mol. The van der Waals surface area contributed by atoms with Crippen molar-refractivity contribution >= 4 is 5.91 Å². The summed E-state index contributed by atoms with van der Waals surface area (Å²) in [4.78, 5) is 14.0. The molecule has 0 spiro atoms. The molecule has 84 valence electrons. The maximum absolute atomic E-state index is 11.9. The molecule has 2 aliphatic rings. The van der Waals surface area contributed by atoms with E-state index in [-0.39, 0.29) is 5.92 Å². The van der Waals surface area contributed by atoms with E-state index in [1.165, 1.54) is 24.8 Å². The Morgan fingerprint density at radius 1 is 1.19 bits per heavy atom. The molecule has 16 heavy (non-hydrogen) atoms. The van der Waals surface area contributed by atoms with E-state index in [9.17, 15) is 4.79 Å². The Morgan fingerprint density at radius 3 is 2.81 bits per heavy atom. The van der Waals surface area contributed by atoms with Gasteiger partial charge in [0.15, 0.2) is 0 Å². The Morgan fingerprint density at radius 2 is 2.00 bits per heavy atom. The number of carbonyl (C=O) groups is 1. The minimum atomic E-state index is 0.266. The summed E-state index contributed by atoms with van der Waals surface area (Å²) in [6.07, 6.45) is 4.63. The lowest BCUT2D eigenvalue weighted by Gasteiger charge is -2.50. The van der Waals surface area contributed by atoms with Crippen molar-refractivity contribution in [2.75, 3.05) is 6.54 Å². The summed E-state index contributed by atoms with van der Waals surface area (Å²) in [6.45, 7) is 0.995. The molecule has 2 heteroatoms. The van der Waals surface area contributed by atoms with Gasteiger partial charge in [0.2, 0.25) is 5.91 Å². The van der Waals surface area contributed by atoms with Crippen LogP contribution in [0.3, 0.4) is 0 Å². The average molecular weight is 215 g/mol. The number of benzene rings is 1. The van der Waals surface area contributed by atoms with Crippen LogP contribution in [0.2, 0.25) is 0 Å². The van der Waals surface area contributed by atoms with Crippen LogP contribution in [0.25, 0.3) is 0 Å². The van der Waals surface area contributed by atoms with E-state index in [1.54, 1.807) is 0 Å². The average Bonchev–Trinajstić information content (AvgIpc) is 2.37. The molecule has 1 aromatic rings. The minimum absolute atomic E-state index is 0.266. The van der Waals surface area contributed by atoms with Crippen LogP contribution in [0.4, 0.5) is 0 Å². The second kappa shape index (κ2) is 3.93. The number of fused-ring (bicyclic) bond motifs is 1. The fourth-order valence-corrected chi connectivity index (χ4v) is 3.04. The van der Waals surface area contributed by atoms with E-state index >= 15 is 0 Å². The molecule has 0 N–H and O–H groups in total. The molecule has 3 rings (SSSR count). The molecule has 2 heterocycles. The number of hydrogen-bond donors (Lipinski definition) is 0. The molecule has 2 fully saturated rings. The fourth-order valence-electron chi connectivity index (χ4n) is 3.04. The van der Waals surface area contributed by atoms with Crippen LogP contribution >= 0.6 is 0 Å². The molecule has 1 amide bonds. The third-order valence-electron chi connectivity index (χ3n) is 3.91. The zero-order valence-electron chi connectivity index (χ0n) is 9.43. The molecule has 0 unspecified atom stereocenters. The van der Waals surface area contributed by atoms with Crippen LogP contribution < -0.4 is 0 Å². The lowest BCUT2D eigenvalue weighted by molar-refractivity contribution is -0.159. The van der Waals surface area contributed by atoms with Crippen molar-refractivity contribution in [2.45, 2.75) is 31.7 Å². The number of carbonyl (C=O) groups excluding carboxylic acids is 1. The van der Waals surface area contributed by atoms with Crippen molar-refractivity contribution in [1.29, 1.82) is 0 Å². The summed E-state index contributed by atoms with van der Waals surface area (Å²) in [6, 6.07) is 10.9. The van der Waals surface area contributed by atoms with Gasteiger partial charge in [-0.1, -0.05) is 30.3 Å². The number of amides is 1. The van der Waals surface area contributed by atoms with Crippen LogP contribution in [-0.2, 0) is 11.2 Å². The Bertz CT molecular complexity index is 387. The van der Waals surface area contributed by atoms with Crippen molar-refractivity contribution in [3.63, 3.8) is 0 Å². The van der Waals surface area contributed by atoms with Crippen LogP contribution in [-0.4, -0.2) is 23.4 Å². The first kappa shape index (κ1) is 9.88. The molecule has 2 saturated heterocycles. The van der Waals surface area contributed by atoms with Crippen molar-refractivity contribution in [3.8, 4) is 0 Å². The Labute approximate surface area is 96.3 Å². The van der Waals surface area contributed by atoms with E-state index in [4.69, 9.17) is 0 Å². The molecule has 2 aliphatic heterocycles. The van der Waals surface area contributed by atoms with Crippen LogP contribution in [0.15, 0.2) is 30.3 Å². The Hall–Kier alpha value is -1.31. The van der Waals surface area contributed by atoms with E-state index < -0.39 is 0 Å². The van der Waals surface area contributed by atoms with Crippen molar-refractivity contribution in [3.05, 3.63) is 35.9 Å². The number of hydrogen-bond acceptors (Lipinski definition) is 1. The number of β-lactam (4-membered cyclic amide) rings is 1. The maximum Gasteiger partial charge on any atom is 0.228 e. The SMILES string of the molecule is O=C1[C@H](Cc2ccccc2)[C@H]2CCCCN12. The van der Waals surface area contributed by atoms with Gasteiger partial charge >= 0.3 is 0 Å². The molecular formula is C14H17NO. The van der Waals surface area contributed by atoms with Gasteiger partial charge in [-0.15, -0.1) is 0 Å². The molecule has 0 bridgehead atoms. The van der Waals surface area contributed by atoms with E-state index in [2.05, 4.69) is 29.2 Å². The van der Waals surface area contributed by atoms with Gasteiger partial charge in [0, 0.05) is 12.6 Å². The van der Waals surface area contributed by atoms with Gasteiger partial charge in [0.05, 0.1) is 5.92 Å². The van der Waals surface area contributed by atoms with Gasteiger partial charge in [-0.25, -0.2) is 0 Å². The number of rotatable bonds is 2. The topological polar surface area (TPSA) is 20.3 Å². The molecule has 1 aromatic carbocycles.